The number of hydrogen-bond acceptors (Lipinski definition) is 1. The van der Waals surface area contributed by atoms with E-state index in [1.54, 1.807) is 18.2 Å². The van der Waals surface area contributed by atoms with Gasteiger partial charge in [0.25, 0.3) is 0 Å². The van der Waals surface area contributed by atoms with Gasteiger partial charge in [0.05, 0.1) is 16.2 Å². The van der Waals surface area contributed by atoms with Crippen LogP contribution in [0.5, 0.6) is 0 Å². The average Bonchev–Trinajstić information content (AvgIpc) is 2.26. The van der Waals surface area contributed by atoms with Gasteiger partial charge in [-0.3, -0.25) is 0 Å². The van der Waals surface area contributed by atoms with Gasteiger partial charge >= 0.3 is 0 Å². The van der Waals surface area contributed by atoms with Crippen molar-refractivity contribution < 1.29 is 0 Å². The highest BCUT2D eigenvalue weighted by Crippen LogP contribution is 2.41. The van der Waals surface area contributed by atoms with Crippen molar-refractivity contribution in [1.82, 2.24) is 4.98 Å². The summed E-state index contributed by atoms with van der Waals surface area (Å²) in [6.07, 6.45) is 0. The Bertz CT molecular complexity index is 590. The lowest BCUT2D eigenvalue weighted by atomic mass is 10.1. The molecule has 0 radical (unpaired) electrons. The summed E-state index contributed by atoms with van der Waals surface area (Å²) in [7, 11) is 0. The Hall–Kier alpha value is 0.370. The molecule has 0 aliphatic heterocycles. The van der Waals surface area contributed by atoms with Crippen LogP contribution in [0.25, 0.3) is 10.9 Å². The first kappa shape index (κ1) is 14.8. The van der Waals surface area contributed by atoms with Crippen LogP contribution in [-0.2, 0) is 3.79 Å². The first-order chi connectivity index (χ1) is 8.30. The molecule has 1 aromatic heterocycles. The van der Waals surface area contributed by atoms with E-state index in [9.17, 15) is 0 Å². The summed E-state index contributed by atoms with van der Waals surface area (Å²) >= 11 is 35.3. The largest absolute Gasteiger partial charge is 0.248 e. The lowest BCUT2D eigenvalue weighted by Gasteiger charge is -2.14. The summed E-state index contributed by atoms with van der Waals surface area (Å²) in [5.41, 5.74) is 1.38. The molecule has 0 bridgehead atoms. The molecular weight excluding hydrogens is 359 g/mol. The second-order valence-corrected chi connectivity index (χ2v) is 7.32. The molecule has 96 valence electrons. The van der Waals surface area contributed by atoms with Crippen LogP contribution in [0.4, 0.5) is 0 Å². The van der Waals surface area contributed by atoms with Gasteiger partial charge in [-0.2, -0.15) is 0 Å². The number of fused-ring (bicyclic) bond motifs is 1. The maximum atomic E-state index is 6.14. The van der Waals surface area contributed by atoms with Crippen LogP contribution < -0.4 is 0 Å². The minimum atomic E-state index is -1.65. The summed E-state index contributed by atoms with van der Waals surface area (Å²) in [5.74, 6) is 0. The van der Waals surface area contributed by atoms with E-state index in [0.29, 0.717) is 21.5 Å². The van der Waals surface area contributed by atoms with E-state index >= 15 is 0 Å². The van der Waals surface area contributed by atoms with Gasteiger partial charge in [0, 0.05) is 10.9 Å². The van der Waals surface area contributed by atoms with Crippen LogP contribution in [0.3, 0.4) is 0 Å². The minimum Gasteiger partial charge on any atom is -0.248 e. The van der Waals surface area contributed by atoms with Crippen LogP contribution in [0, 0.1) is 0 Å². The van der Waals surface area contributed by atoms with E-state index < -0.39 is 8.63 Å². The quantitative estimate of drug-likeness (QED) is 0.550. The van der Waals surface area contributed by atoms with Crippen LogP contribution in [0.1, 0.15) is 16.1 Å². The topological polar surface area (TPSA) is 12.9 Å². The summed E-state index contributed by atoms with van der Waals surface area (Å²) in [6.45, 7) is 0. The number of rotatable bonds is 1. The van der Waals surface area contributed by atoms with Crippen molar-refractivity contribution in [2.75, 3.05) is 0 Å². The van der Waals surface area contributed by atoms with Crippen molar-refractivity contribution in [2.45, 2.75) is 8.63 Å². The van der Waals surface area contributed by atoms with Gasteiger partial charge in [-0.05, 0) is 6.07 Å². The number of pyridine rings is 1. The molecule has 1 nitrogen and oxygen atoms in total. The molecule has 2 aromatic rings. The number of halogens is 6. The van der Waals surface area contributed by atoms with Crippen molar-refractivity contribution in [3.63, 3.8) is 0 Å². The van der Waals surface area contributed by atoms with Crippen LogP contribution in [0.2, 0.25) is 5.02 Å². The third-order valence-corrected chi connectivity index (χ3v) is 3.71. The molecule has 0 spiro atoms. The first-order valence-corrected chi connectivity index (χ1v) is 7.13. The molecule has 0 N–H and O–H groups in total. The van der Waals surface area contributed by atoms with Crippen molar-refractivity contribution in [3.8, 4) is 0 Å². The number of para-hydroxylation sites is 1. The van der Waals surface area contributed by atoms with Gasteiger partial charge in [0.1, 0.15) is 4.84 Å². The van der Waals surface area contributed by atoms with E-state index in [4.69, 9.17) is 69.6 Å². The van der Waals surface area contributed by atoms with Gasteiger partial charge < -0.3 is 0 Å². The van der Waals surface area contributed by atoms with Gasteiger partial charge in [-0.25, -0.2) is 4.98 Å². The first-order valence-electron chi connectivity index (χ1n) is 4.75. The molecule has 0 saturated heterocycles. The van der Waals surface area contributed by atoms with E-state index in [0.717, 1.165) is 0 Å². The molecule has 0 aliphatic carbocycles. The Morgan fingerprint density at radius 1 is 1.11 bits per heavy atom. The zero-order valence-electron chi connectivity index (χ0n) is 8.60. The summed E-state index contributed by atoms with van der Waals surface area (Å²) < 4.78 is -1.65. The normalized spacial score (nSPS) is 12.4. The molecule has 0 unspecified atom stereocenters. The van der Waals surface area contributed by atoms with Gasteiger partial charge in [0.2, 0.25) is 3.79 Å². The predicted octanol–water partition coefficient (Wildman–Crippen LogP) is 6.19. The van der Waals surface area contributed by atoms with E-state index in [1.807, 2.05) is 0 Å². The van der Waals surface area contributed by atoms with Crippen LogP contribution >= 0.6 is 69.6 Å². The summed E-state index contributed by atoms with van der Waals surface area (Å²) in [6, 6.07) is 6.85. The Morgan fingerprint density at radius 2 is 1.78 bits per heavy atom. The van der Waals surface area contributed by atoms with Crippen LogP contribution in [0.15, 0.2) is 24.3 Å². The lowest BCUT2D eigenvalue weighted by molar-refractivity contribution is 1.11. The molecular formula is C11H5Cl6N. The van der Waals surface area contributed by atoms with Crippen molar-refractivity contribution in [1.29, 1.82) is 0 Å². The summed E-state index contributed by atoms with van der Waals surface area (Å²) in [4.78, 5) is 3.55. The molecule has 0 amide bonds. The molecule has 7 heteroatoms. The maximum absolute atomic E-state index is 6.14. The molecule has 0 aliphatic rings. The molecule has 0 atom stereocenters. The summed E-state index contributed by atoms with van der Waals surface area (Å²) in [5, 5.41) is 1.13. The number of alkyl halides is 5. The maximum Gasteiger partial charge on any atom is 0.232 e. The average molecular weight is 364 g/mol. The number of aromatic nitrogens is 1. The van der Waals surface area contributed by atoms with Crippen molar-refractivity contribution in [3.05, 3.63) is 40.5 Å². The third kappa shape index (κ3) is 2.92. The smallest absolute Gasteiger partial charge is 0.232 e. The number of hydrogen-bond donors (Lipinski definition) is 0. The highest BCUT2D eigenvalue weighted by Gasteiger charge is 2.26. The van der Waals surface area contributed by atoms with Crippen molar-refractivity contribution >= 4 is 80.5 Å². The van der Waals surface area contributed by atoms with E-state index in [1.165, 1.54) is 6.07 Å². The monoisotopic (exact) mass is 361 g/mol. The Balaban J connectivity index is 2.81. The number of benzene rings is 1. The Kier molecular flexibility index (Phi) is 4.43. The second-order valence-electron chi connectivity index (χ2n) is 3.53. The highest BCUT2D eigenvalue weighted by molar-refractivity contribution is 6.66. The van der Waals surface area contributed by atoms with Gasteiger partial charge in [-0.1, -0.05) is 87.8 Å². The van der Waals surface area contributed by atoms with Gasteiger partial charge in [-0.15, -0.1) is 0 Å². The number of nitrogens with zero attached hydrogens (tertiary/aromatic N) is 1. The lowest BCUT2D eigenvalue weighted by Crippen LogP contribution is -2.04. The second kappa shape index (κ2) is 5.40. The van der Waals surface area contributed by atoms with Crippen LogP contribution in [-0.4, -0.2) is 4.98 Å². The fraction of sp³-hybridized carbons (Fsp3) is 0.182. The van der Waals surface area contributed by atoms with E-state index in [2.05, 4.69) is 4.98 Å². The molecule has 1 heterocycles. The molecule has 0 saturated carbocycles. The zero-order valence-corrected chi connectivity index (χ0v) is 13.1. The molecule has 0 fully saturated rings. The fourth-order valence-electron chi connectivity index (χ4n) is 1.55. The minimum absolute atomic E-state index is 0.228. The van der Waals surface area contributed by atoms with Gasteiger partial charge in [0.15, 0.2) is 0 Å². The molecule has 1 aromatic carbocycles. The van der Waals surface area contributed by atoms with E-state index in [-0.39, 0.29) is 5.69 Å². The third-order valence-electron chi connectivity index (χ3n) is 2.35. The SMILES string of the molecule is Clc1cc(C(Cl)(Cl)Cl)nc2c(C(Cl)Cl)cccc12. The standard InChI is InChI=1S/C11H5Cl6N/c12-7-4-8(11(15,16)17)18-9-5(7)2-1-3-6(9)10(13)14/h1-4,10H. The van der Waals surface area contributed by atoms with Crippen molar-refractivity contribution in [2.24, 2.45) is 0 Å². The predicted molar refractivity (Wildman–Crippen MR) is 80.4 cm³/mol. The Labute approximate surface area is 134 Å². The zero-order chi connectivity index (χ0) is 13.5. The molecule has 18 heavy (non-hydrogen) atoms. The fourth-order valence-corrected chi connectivity index (χ4v) is 2.45. The highest BCUT2D eigenvalue weighted by atomic mass is 35.6. The molecule has 2 rings (SSSR count). The Morgan fingerprint density at radius 3 is 2.33 bits per heavy atom.